The average Bonchev–Trinajstić information content (AvgIpc) is 2.47. The summed E-state index contributed by atoms with van der Waals surface area (Å²) in [6, 6.07) is 5.71. The van der Waals surface area contributed by atoms with Crippen molar-refractivity contribution in [1.82, 2.24) is 0 Å². The van der Waals surface area contributed by atoms with Crippen molar-refractivity contribution in [2.24, 2.45) is 11.7 Å². The Bertz CT molecular complexity index is 420. The Morgan fingerprint density at radius 2 is 1.89 bits per heavy atom. The third kappa shape index (κ3) is 4.13. The standard InChI is InChI=1S/C14H21NO4/c1-17-12-7-5-10(8-13(12)18-2)4-6-11(9-15)14(16)19-3/h5,7-8,11H,4,6,9,15H2,1-3H3/t11-/m1/s1. The van der Waals surface area contributed by atoms with Crippen molar-refractivity contribution < 1.29 is 19.0 Å². The molecule has 0 saturated heterocycles. The number of methoxy groups -OCH3 is 3. The highest BCUT2D eigenvalue weighted by molar-refractivity contribution is 5.72. The maximum atomic E-state index is 11.4. The van der Waals surface area contributed by atoms with Gasteiger partial charge in [0.05, 0.1) is 27.2 Å². The van der Waals surface area contributed by atoms with E-state index >= 15 is 0 Å². The summed E-state index contributed by atoms with van der Waals surface area (Å²) in [7, 11) is 4.57. The fourth-order valence-electron chi connectivity index (χ4n) is 1.88. The molecule has 0 aliphatic rings. The topological polar surface area (TPSA) is 70.8 Å². The van der Waals surface area contributed by atoms with E-state index in [-0.39, 0.29) is 11.9 Å². The minimum absolute atomic E-state index is 0.261. The highest BCUT2D eigenvalue weighted by atomic mass is 16.5. The number of aryl methyl sites for hydroxylation is 1. The maximum Gasteiger partial charge on any atom is 0.309 e. The highest BCUT2D eigenvalue weighted by Gasteiger charge is 2.17. The SMILES string of the molecule is COC(=O)[C@@H](CN)CCc1ccc(OC)c(OC)c1. The van der Waals surface area contributed by atoms with Crippen LogP contribution in [0.2, 0.25) is 0 Å². The van der Waals surface area contributed by atoms with Crippen molar-refractivity contribution in [2.45, 2.75) is 12.8 Å². The van der Waals surface area contributed by atoms with Crippen molar-refractivity contribution in [3.05, 3.63) is 23.8 Å². The summed E-state index contributed by atoms with van der Waals surface area (Å²) in [4.78, 5) is 11.4. The normalized spacial score (nSPS) is 11.8. The van der Waals surface area contributed by atoms with Crippen LogP contribution < -0.4 is 15.2 Å². The molecule has 1 aromatic rings. The van der Waals surface area contributed by atoms with E-state index in [2.05, 4.69) is 0 Å². The lowest BCUT2D eigenvalue weighted by molar-refractivity contribution is -0.145. The minimum atomic E-state index is -0.266. The van der Waals surface area contributed by atoms with Gasteiger partial charge >= 0.3 is 5.97 Å². The molecular weight excluding hydrogens is 246 g/mol. The minimum Gasteiger partial charge on any atom is -0.493 e. The van der Waals surface area contributed by atoms with Gasteiger partial charge in [-0.3, -0.25) is 4.79 Å². The van der Waals surface area contributed by atoms with Crippen LogP contribution in [0.15, 0.2) is 18.2 Å². The summed E-state index contributed by atoms with van der Waals surface area (Å²) in [5.41, 5.74) is 6.64. The fraction of sp³-hybridized carbons (Fsp3) is 0.500. The second-order valence-corrected chi connectivity index (χ2v) is 4.18. The summed E-state index contributed by atoms with van der Waals surface area (Å²) < 4.78 is 15.1. The Labute approximate surface area is 113 Å². The molecule has 0 spiro atoms. The Morgan fingerprint density at radius 3 is 2.42 bits per heavy atom. The van der Waals surface area contributed by atoms with Gasteiger partial charge in [-0.15, -0.1) is 0 Å². The molecule has 0 unspecified atom stereocenters. The van der Waals surface area contributed by atoms with E-state index in [1.54, 1.807) is 14.2 Å². The van der Waals surface area contributed by atoms with E-state index < -0.39 is 0 Å². The van der Waals surface area contributed by atoms with Gasteiger partial charge in [-0.1, -0.05) is 6.07 Å². The van der Waals surface area contributed by atoms with Gasteiger partial charge in [0.25, 0.3) is 0 Å². The van der Waals surface area contributed by atoms with Crippen LogP contribution in [-0.4, -0.2) is 33.8 Å². The molecular formula is C14H21NO4. The molecule has 0 radical (unpaired) electrons. The molecule has 19 heavy (non-hydrogen) atoms. The number of carbonyl (C=O) groups is 1. The zero-order chi connectivity index (χ0) is 14.3. The second kappa shape index (κ2) is 7.63. The van der Waals surface area contributed by atoms with Gasteiger partial charge < -0.3 is 19.9 Å². The molecule has 0 fully saturated rings. The van der Waals surface area contributed by atoms with E-state index in [4.69, 9.17) is 19.9 Å². The molecule has 5 nitrogen and oxygen atoms in total. The van der Waals surface area contributed by atoms with Crippen LogP contribution in [0.4, 0.5) is 0 Å². The molecule has 1 aromatic carbocycles. The molecule has 0 aliphatic carbocycles. The number of hydrogen-bond acceptors (Lipinski definition) is 5. The molecule has 0 bridgehead atoms. The van der Waals surface area contributed by atoms with Crippen molar-refractivity contribution in [3.8, 4) is 11.5 Å². The summed E-state index contributed by atoms with van der Waals surface area (Å²) in [5, 5.41) is 0. The zero-order valence-corrected chi connectivity index (χ0v) is 11.6. The summed E-state index contributed by atoms with van der Waals surface area (Å²) >= 11 is 0. The smallest absolute Gasteiger partial charge is 0.309 e. The fourth-order valence-corrected chi connectivity index (χ4v) is 1.88. The van der Waals surface area contributed by atoms with Crippen molar-refractivity contribution in [3.63, 3.8) is 0 Å². The monoisotopic (exact) mass is 267 g/mol. The summed E-state index contributed by atoms with van der Waals surface area (Å²) in [6.45, 7) is 0.292. The first kappa shape index (κ1) is 15.3. The van der Waals surface area contributed by atoms with E-state index in [1.807, 2.05) is 18.2 Å². The zero-order valence-electron chi connectivity index (χ0n) is 11.6. The van der Waals surface area contributed by atoms with Gasteiger partial charge in [-0.2, -0.15) is 0 Å². The van der Waals surface area contributed by atoms with Gasteiger partial charge in [0.15, 0.2) is 11.5 Å². The van der Waals surface area contributed by atoms with Crippen LogP contribution in [0.1, 0.15) is 12.0 Å². The quantitative estimate of drug-likeness (QED) is 0.756. The molecule has 0 aromatic heterocycles. The van der Waals surface area contributed by atoms with Crippen LogP contribution in [0.5, 0.6) is 11.5 Å². The molecule has 1 atom stereocenters. The molecule has 2 N–H and O–H groups in total. The lowest BCUT2D eigenvalue weighted by Crippen LogP contribution is -2.25. The van der Waals surface area contributed by atoms with Gasteiger partial charge in [0, 0.05) is 6.54 Å². The number of ether oxygens (including phenoxy) is 3. The number of hydrogen-bond donors (Lipinski definition) is 1. The lowest BCUT2D eigenvalue weighted by atomic mass is 9.99. The second-order valence-electron chi connectivity index (χ2n) is 4.18. The van der Waals surface area contributed by atoms with Crippen molar-refractivity contribution >= 4 is 5.97 Å². The Balaban J connectivity index is 2.69. The van der Waals surface area contributed by atoms with Crippen LogP contribution in [0.25, 0.3) is 0 Å². The van der Waals surface area contributed by atoms with Crippen LogP contribution >= 0.6 is 0 Å². The van der Waals surface area contributed by atoms with E-state index in [0.29, 0.717) is 24.5 Å². The van der Waals surface area contributed by atoms with E-state index in [0.717, 1.165) is 12.0 Å². The number of benzene rings is 1. The number of nitrogens with two attached hydrogens (primary N) is 1. The molecule has 0 aliphatic heterocycles. The van der Waals surface area contributed by atoms with Crippen LogP contribution in [-0.2, 0) is 16.0 Å². The van der Waals surface area contributed by atoms with Crippen molar-refractivity contribution in [1.29, 1.82) is 0 Å². The summed E-state index contributed by atoms with van der Waals surface area (Å²) in [6.07, 6.45) is 1.38. The largest absolute Gasteiger partial charge is 0.493 e. The Morgan fingerprint density at radius 1 is 1.21 bits per heavy atom. The molecule has 5 heteroatoms. The van der Waals surface area contributed by atoms with Crippen LogP contribution in [0.3, 0.4) is 0 Å². The predicted octanol–water partition coefficient (Wildman–Crippen LogP) is 1.38. The highest BCUT2D eigenvalue weighted by Crippen LogP contribution is 2.28. The first-order chi connectivity index (χ1) is 9.15. The molecule has 0 heterocycles. The molecule has 0 saturated carbocycles. The number of rotatable bonds is 7. The van der Waals surface area contributed by atoms with E-state index in [1.165, 1.54) is 7.11 Å². The maximum absolute atomic E-state index is 11.4. The Hall–Kier alpha value is -1.75. The van der Waals surface area contributed by atoms with Crippen LogP contribution in [0, 0.1) is 5.92 Å². The first-order valence-corrected chi connectivity index (χ1v) is 6.15. The van der Waals surface area contributed by atoms with Gasteiger partial charge in [0.1, 0.15) is 0 Å². The average molecular weight is 267 g/mol. The number of carbonyl (C=O) groups excluding carboxylic acids is 1. The molecule has 106 valence electrons. The predicted molar refractivity (Wildman–Crippen MR) is 72.4 cm³/mol. The molecule has 0 amide bonds. The third-order valence-electron chi connectivity index (χ3n) is 3.05. The van der Waals surface area contributed by atoms with E-state index in [9.17, 15) is 4.79 Å². The first-order valence-electron chi connectivity index (χ1n) is 6.15. The van der Waals surface area contributed by atoms with Crippen molar-refractivity contribution in [2.75, 3.05) is 27.9 Å². The lowest BCUT2D eigenvalue weighted by Gasteiger charge is -2.13. The number of esters is 1. The molecule has 1 rings (SSSR count). The summed E-state index contributed by atoms with van der Waals surface area (Å²) in [5.74, 6) is 0.845. The van der Waals surface area contributed by atoms with Gasteiger partial charge in [-0.05, 0) is 30.5 Å². The van der Waals surface area contributed by atoms with Gasteiger partial charge in [-0.25, -0.2) is 0 Å². The third-order valence-corrected chi connectivity index (χ3v) is 3.05. The Kier molecular flexibility index (Phi) is 6.15. The van der Waals surface area contributed by atoms with Gasteiger partial charge in [0.2, 0.25) is 0 Å².